The molecule has 7 nitrogen and oxygen atoms in total. The first-order valence-corrected chi connectivity index (χ1v) is 10.8. The van der Waals surface area contributed by atoms with Crippen molar-refractivity contribution in [3.63, 3.8) is 0 Å². The Morgan fingerprint density at radius 3 is 2.58 bits per heavy atom. The predicted molar refractivity (Wildman–Crippen MR) is 127 cm³/mol. The second kappa shape index (κ2) is 10.2. The molecule has 1 heterocycles. The van der Waals surface area contributed by atoms with Gasteiger partial charge in [-0.15, -0.1) is 0 Å². The fourth-order valence-corrected chi connectivity index (χ4v) is 3.80. The van der Waals surface area contributed by atoms with Gasteiger partial charge in [0, 0.05) is 10.9 Å². The Bertz CT molecular complexity index is 1240. The summed E-state index contributed by atoms with van der Waals surface area (Å²) < 4.78 is 17.0. The van der Waals surface area contributed by atoms with Crippen LogP contribution in [-0.2, 0) is 0 Å². The molecule has 0 bridgehead atoms. The standard InChI is InChI=1S/C26H27N3O4/c1-31-22-12-6-10-18-14-20(23(32-2)15-19(18)22)25(30)29-21(11-7-13-27)26-28-16-24(33-26)17-8-4-3-5-9-17/h3-6,8-10,12,14-16,21H,7,11,13,27H2,1-2H3,(H,29,30). The number of fused-ring (bicyclic) bond motifs is 1. The van der Waals surface area contributed by atoms with Gasteiger partial charge in [-0.2, -0.15) is 0 Å². The van der Waals surface area contributed by atoms with Gasteiger partial charge in [0.15, 0.2) is 5.76 Å². The van der Waals surface area contributed by atoms with E-state index in [1.54, 1.807) is 26.5 Å². The van der Waals surface area contributed by atoms with E-state index in [0.717, 1.165) is 16.3 Å². The average molecular weight is 446 g/mol. The molecule has 7 heteroatoms. The SMILES string of the molecule is COc1cc2c(OC)cccc2cc1C(=O)NC(CCCN)c1ncc(-c2ccccc2)o1. The lowest BCUT2D eigenvalue weighted by Gasteiger charge is -2.17. The summed E-state index contributed by atoms with van der Waals surface area (Å²) in [5.41, 5.74) is 7.08. The Labute approximate surface area is 192 Å². The molecule has 1 unspecified atom stereocenters. The number of oxazole rings is 1. The van der Waals surface area contributed by atoms with Gasteiger partial charge in [-0.1, -0.05) is 42.5 Å². The van der Waals surface area contributed by atoms with Gasteiger partial charge < -0.3 is 24.9 Å². The summed E-state index contributed by atoms with van der Waals surface area (Å²) in [7, 11) is 3.16. The molecule has 0 aliphatic heterocycles. The van der Waals surface area contributed by atoms with Crippen molar-refractivity contribution < 1.29 is 18.7 Å². The molecule has 0 saturated carbocycles. The van der Waals surface area contributed by atoms with Crippen molar-refractivity contribution in [2.24, 2.45) is 5.73 Å². The molecule has 0 aliphatic carbocycles. The first-order chi connectivity index (χ1) is 16.1. The topological polar surface area (TPSA) is 99.6 Å². The number of benzene rings is 3. The molecule has 170 valence electrons. The van der Waals surface area contributed by atoms with Crippen LogP contribution in [0.2, 0.25) is 0 Å². The van der Waals surface area contributed by atoms with Crippen LogP contribution in [0.4, 0.5) is 0 Å². The van der Waals surface area contributed by atoms with Crippen molar-refractivity contribution >= 4 is 16.7 Å². The Morgan fingerprint density at radius 2 is 1.85 bits per heavy atom. The number of hydrogen-bond acceptors (Lipinski definition) is 6. The van der Waals surface area contributed by atoms with Crippen LogP contribution < -0.4 is 20.5 Å². The zero-order chi connectivity index (χ0) is 23.2. The lowest BCUT2D eigenvalue weighted by molar-refractivity contribution is 0.0924. The minimum absolute atomic E-state index is 0.280. The van der Waals surface area contributed by atoms with Gasteiger partial charge in [-0.25, -0.2) is 4.98 Å². The van der Waals surface area contributed by atoms with E-state index in [2.05, 4.69) is 10.3 Å². The first kappa shape index (κ1) is 22.4. The van der Waals surface area contributed by atoms with E-state index in [1.807, 2.05) is 54.6 Å². The molecule has 1 amide bonds. The number of nitrogens with one attached hydrogen (secondary N) is 1. The quantitative estimate of drug-likeness (QED) is 0.387. The molecule has 0 radical (unpaired) electrons. The number of hydrogen-bond donors (Lipinski definition) is 2. The highest BCUT2D eigenvalue weighted by Gasteiger charge is 2.23. The zero-order valence-electron chi connectivity index (χ0n) is 18.7. The molecule has 1 aromatic heterocycles. The number of carbonyl (C=O) groups is 1. The van der Waals surface area contributed by atoms with Gasteiger partial charge in [0.25, 0.3) is 5.91 Å². The molecular formula is C26H27N3O4. The molecule has 0 spiro atoms. The van der Waals surface area contributed by atoms with Crippen molar-refractivity contribution in [1.29, 1.82) is 0 Å². The van der Waals surface area contributed by atoms with E-state index in [-0.39, 0.29) is 5.91 Å². The molecule has 3 N–H and O–H groups in total. The third kappa shape index (κ3) is 4.83. The van der Waals surface area contributed by atoms with Gasteiger partial charge in [0.05, 0.1) is 26.0 Å². The first-order valence-electron chi connectivity index (χ1n) is 10.8. The third-order valence-corrected chi connectivity index (χ3v) is 5.51. The van der Waals surface area contributed by atoms with Crippen LogP contribution in [0.5, 0.6) is 11.5 Å². The molecule has 0 aliphatic rings. The summed E-state index contributed by atoms with van der Waals surface area (Å²) in [5, 5.41) is 4.80. The Hall–Kier alpha value is -3.84. The molecular weight excluding hydrogens is 418 g/mol. The second-order valence-corrected chi connectivity index (χ2v) is 7.62. The van der Waals surface area contributed by atoms with Crippen LogP contribution in [-0.4, -0.2) is 31.7 Å². The highest BCUT2D eigenvalue weighted by Crippen LogP contribution is 2.33. The Balaban J connectivity index is 1.64. The number of nitrogens with zero attached hydrogens (tertiary/aromatic N) is 1. The summed E-state index contributed by atoms with van der Waals surface area (Å²) in [6.45, 7) is 0.498. The molecule has 0 fully saturated rings. The summed E-state index contributed by atoms with van der Waals surface area (Å²) >= 11 is 0. The maximum Gasteiger partial charge on any atom is 0.255 e. The summed E-state index contributed by atoms with van der Waals surface area (Å²) in [6, 6.07) is 18.6. The number of aromatic nitrogens is 1. The molecule has 3 aromatic carbocycles. The number of ether oxygens (including phenoxy) is 2. The second-order valence-electron chi connectivity index (χ2n) is 7.62. The van der Waals surface area contributed by atoms with E-state index >= 15 is 0 Å². The van der Waals surface area contributed by atoms with Crippen LogP contribution in [0.25, 0.3) is 22.1 Å². The van der Waals surface area contributed by atoms with Crippen molar-refractivity contribution in [2.45, 2.75) is 18.9 Å². The van der Waals surface area contributed by atoms with Crippen LogP contribution in [0.1, 0.15) is 35.1 Å². The van der Waals surface area contributed by atoms with Crippen LogP contribution >= 0.6 is 0 Å². The number of nitrogens with two attached hydrogens (primary N) is 1. The van der Waals surface area contributed by atoms with E-state index in [1.165, 1.54) is 0 Å². The van der Waals surface area contributed by atoms with Crippen LogP contribution in [0.15, 0.2) is 71.3 Å². The lowest BCUT2D eigenvalue weighted by atomic mass is 10.0. The summed E-state index contributed by atoms with van der Waals surface area (Å²) in [4.78, 5) is 17.8. The van der Waals surface area contributed by atoms with Gasteiger partial charge in [-0.05, 0) is 43.0 Å². The van der Waals surface area contributed by atoms with Gasteiger partial charge >= 0.3 is 0 Å². The number of rotatable bonds is 9. The fraction of sp³-hybridized carbons (Fsp3) is 0.231. The van der Waals surface area contributed by atoms with E-state index < -0.39 is 6.04 Å². The van der Waals surface area contributed by atoms with Crippen LogP contribution in [0.3, 0.4) is 0 Å². The molecule has 0 saturated heterocycles. The predicted octanol–water partition coefficient (Wildman–Crippen LogP) is 4.72. The largest absolute Gasteiger partial charge is 0.496 e. The molecule has 4 aromatic rings. The number of carbonyl (C=O) groups excluding carboxylic acids is 1. The van der Waals surface area contributed by atoms with E-state index in [0.29, 0.717) is 48.1 Å². The summed E-state index contributed by atoms with van der Waals surface area (Å²) in [6.07, 6.45) is 2.98. The maximum atomic E-state index is 13.3. The Morgan fingerprint density at radius 1 is 1.06 bits per heavy atom. The third-order valence-electron chi connectivity index (χ3n) is 5.51. The van der Waals surface area contributed by atoms with Gasteiger partial charge in [0.1, 0.15) is 17.5 Å². The summed E-state index contributed by atoms with van der Waals surface area (Å²) in [5.74, 6) is 1.98. The lowest BCUT2D eigenvalue weighted by Crippen LogP contribution is -2.29. The van der Waals surface area contributed by atoms with Crippen molar-refractivity contribution in [2.75, 3.05) is 20.8 Å². The van der Waals surface area contributed by atoms with Crippen molar-refractivity contribution in [3.8, 4) is 22.8 Å². The normalized spacial score (nSPS) is 11.8. The minimum atomic E-state index is -0.427. The fourth-order valence-electron chi connectivity index (χ4n) is 3.80. The molecule has 4 rings (SSSR count). The van der Waals surface area contributed by atoms with E-state index in [4.69, 9.17) is 19.6 Å². The highest BCUT2D eigenvalue weighted by atomic mass is 16.5. The highest BCUT2D eigenvalue weighted by molar-refractivity contribution is 6.03. The molecule has 33 heavy (non-hydrogen) atoms. The van der Waals surface area contributed by atoms with Crippen LogP contribution in [0, 0.1) is 0 Å². The van der Waals surface area contributed by atoms with Crippen molar-refractivity contribution in [3.05, 3.63) is 78.3 Å². The number of methoxy groups -OCH3 is 2. The van der Waals surface area contributed by atoms with Gasteiger partial charge in [0.2, 0.25) is 5.89 Å². The van der Waals surface area contributed by atoms with Gasteiger partial charge in [-0.3, -0.25) is 4.79 Å². The zero-order valence-corrected chi connectivity index (χ0v) is 18.7. The average Bonchev–Trinajstić information content (AvgIpc) is 3.36. The van der Waals surface area contributed by atoms with Crippen molar-refractivity contribution in [1.82, 2.24) is 10.3 Å². The van der Waals surface area contributed by atoms with E-state index in [9.17, 15) is 4.79 Å². The Kier molecular flexibility index (Phi) is 6.90. The maximum absolute atomic E-state index is 13.3. The minimum Gasteiger partial charge on any atom is -0.496 e. The number of amides is 1. The molecule has 1 atom stereocenters. The monoisotopic (exact) mass is 445 g/mol. The smallest absolute Gasteiger partial charge is 0.255 e.